The molecule has 0 radical (unpaired) electrons. The van der Waals surface area contributed by atoms with Crippen LogP contribution in [0.4, 0.5) is 0 Å². The van der Waals surface area contributed by atoms with E-state index in [2.05, 4.69) is 6.92 Å². The van der Waals surface area contributed by atoms with Gasteiger partial charge < -0.3 is 4.74 Å². The summed E-state index contributed by atoms with van der Waals surface area (Å²) in [7, 11) is 0. The van der Waals surface area contributed by atoms with E-state index in [0.29, 0.717) is 18.9 Å². The predicted molar refractivity (Wildman–Crippen MR) is 73.5 cm³/mol. The van der Waals surface area contributed by atoms with Crippen LogP contribution in [0.2, 0.25) is 0 Å². The average Bonchev–Trinajstić information content (AvgIpc) is 2.32. The second-order valence-electron chi connectivity index (χ2n) is 4.49. The Morgan fingerprint density at radius 1 is 0.941 bits per heavy atom. The Morgan fingerprint density at radius 2 is 1.47 bits per heavy atom. The van der Waals surface area contributed by atoms with Gasteiger partial charge >= 0.3 is 5.97 Å². The second-order valence-corrected chi connectivity index (χ2v) is 4.87. The Balaban J connectivity index is 3.01. The number of esters is 1. The third-order valence-corrected chi connectivity index (χ3v) is 3.00. The van der Waals surface area contributed by atoms with Crippen molar-refractivity contribution in [3.05, 3.63) is 0 Å². The zero-order valence-electron chi connectivity index (χ0n) is 11.2. The van der Waals surface area contributed by atoms with Crippen LogP contribution in [0.15, 0.2) is 0 Å². The van der Waals surface area contributed by atoms with Crippen molar-refractivity contribution in [2.75, 3.05) is 12.5 Å². The molecule has 2 nitrogen and oxygen atoms in total. The molecule has 102 valence electrons. The molecular weight excluding hydrogens is 236 g/mol. The summed E-state index contributed by atoms with van der Waals surface area (Å²) >= 11 is 5.43. The maximum absolute atomic E-state index is 11.0. The highest BCUT2D eigenvalue weighted by molar-refractivity contribution is 6.18. The average molecular weight is 263 g/mol. The van der Waals surface area contributed by atoms with Gasteiger partial charge in [0.1, 0.15) is 0 Å². The van der Waals surface area contributed by atoms with Crippen LogP contribution in [0.1, 0.15) is 71.1 Å². The minimum Gasteiger partial charge on any atom is -0.466 e. The van der Waals surface area contributed by atoms with E-state index in [4.69, 9.17) is 16.3 Å². The molecule has 0 aliphatic carbocycles. The Hall–Kier alpha value is -0.240. The molecule has 0 aromatic rings. The molecule has 0 spiro atoms. The van der Waals surface area contributed by atoms with E-state index in [-0.39, 0.29) is 5.97 Å². The van der Waals surface area contributed by atoms with Crippen LogP contribution < -0.4 is 0 Å². The molecule has 0 N–H and O–H groups in total. The lowest BCUT2D eigenvalue weighted by Crippen LogP contribution is -2.06. The molecule has 0 aromatic heterocycles. The van der Waals surface area contributed by atoms with Gasteiger partial charge in [-0.1, -0.05) is 58.3 Å². The van der Waals surface area contributed by atoms with E-state index < -0.39 is 0 Å². The second kappa shape index (κ2) is 13.8. The van der Waals surface area contributed by atoms with Gasteiger partial charge in [-0.15, -0.1) is 11.6 Å². The van der Waals surface area contributed by atoms with Gasteiger partial charge in [0.2, 0.25) is 0 Å². The molecule has 0 saturated heterocycles. The summed E-state index contributed by atoms with van der Waals surface area (Å²) in [5.74, 6) is 0.191. The summed E-state index contributed by atoms with van der Waals surface area (Å²) in [4.78, 5) is 11.0. The number of carbonyl (C=O) groups is 1. The van der Waals surface area contributed by atoms with Gasteiger partial charge in [-0.05, 0) is 6.42 Å². The van der Waals surface area contributed by atoms with Gasteiger partial charge in [0.25, 0.3) is 0 Å². The Labute approximate surface area is 111 Å². The van der Waals surface area contributed by atoms with Crippen molar-refractivity contribution >= 4 is 17.6 Å². The predicted octanol–water partition coefficient (Wildman–Crippen LogP) is 4.69. The van der Waals surface area contributed by atoms with Gasteiger partial charge in [0.15, 0.2) is 0 Å². The number of unbranched alkanes of at least 4 members (excludes halogenated alkanes) is 8. The summed E-state index contributed by atoms with van der Waals surface area (Å²) in [5, 5.41) is 0. The van der Waals surface area contributed by atoms with Crippen LogP contribution in [0.25, 0.3) is 0 Å². The first-order valence-electron chi connectivity index (χ1n) is 7.02. The fraction of sp³-hybridized carbons (Fsp3) is 0.929. The first-order valence-corrected chi connectivity index (χ1v) is 7.56. The Morgan fingerprint density at radius 3 is 2.00 bits per heavy atom. The minimum atomic E-state index is -0.167. The highest BCUT2D eigenvalue weighted by atomic mass is 35.5. The molecule has 0 unspecified atom stereocenters. The van der Waals surface area contributed by atoms with E-state index in [1.54, 1.807) is 0 Å². The molecule has 0 saturated carbocycles. The van der Waals surface area contributed by atoms with E-state index in [9.17, 15) is 4.79 Å². The largest absolute Gasteiger partial charge is 0.466 e. The van der Waals surface area contributed by atoms with Crippen molar-refractivity contribution in [3.63, 3.8) is 0 Å². The lowest BCUT2D eigenvalue weighted by Gasteiger charge is -2.04. The van der Waals surface area contributed by atoms with E-state index in [1.165, 1.54) is 51.4 Å². The van der Waals surface area contributed by atoms with Gasteiger partial charge in [-0.3, -0.25) is 4.79 Å². The third-order valence-electron chi connectivity index (χ3n) is 2.81. The molecule has 0 rings (SSSR count). The fourth-order valence-corrected chi connectivity index (χ4v) is 1.90. The molecule has 0 aliphatic heterocycles. The summed E-state index contributed by atoms with van der Waals surface area (Å²) in [6.07, 6.45) is 11.9. The number of carbonyl (C=O) groups excluding carboxylic acids is 1. The van der Waals surface area contributed by atoms with E-state index in [0.717, 1.165) is 6.42 Å². The molecule has 0 atom stereocenters. The smallest absolute Gasteiger partial charge is 0.306 e. The standard InChI is InChI=1S/C14H27ClO2/c1-2-3-4-5-6-7-8-9-10-13-17-14(16)11-12-15/h2-13H2,1H3. The number of hydrogen-bond donors (Lipinski definition) is 0. The lowest BCUT2D eigenvalue weighted by molar-refractivity contribution is -0.143. The summed E-state index contributed by atoms with van der Waals surface area (Å²) in [6.45, 7) is 2.80. The first-order chi connectivity index (χ1) is 8.31. The number of hydrogen-bond acceptors (Lipinski definition) is 2. The van der Waals surface area contributed by atoms with Gasteiger partial charge in [-0.2, -0.15) is 0 Å². The number of halogens is 1. The highest BCUT2D eigenvalue weighted by Gasteiger charge is 2.00. The summed E-state index contributed by atoms with van der Waals surface area (Å²) in [5.41, 5.74) is 0. The first kappa shape index (κ1) is 16.8. The normalized spacial score (nSPS) is 10.5. The highest BCUT2D eigenvalue weighted by Crippen LogP contribution is 2.09. The van der Waals surface area contributed by atoms with Crippen molar-refractivity contribution in [1.82, 2.24) is 0 Å². The van der Waals surface area contributed by atoms with Crippen molar-refractivity contribution in [1.29, 1.82) is 0 Å². The Kier molecular flexibility index (Phi) is 13.6. The van der Waals surface area contributed by atoms with E-state index >= 15 is 0 Å². The molecule has 17 heavy (non-hydrogen) atoms. The van der Waals surface area contributed by atoms with Gasteiger partial charge in [0.05, 0.1) is 13.0 Å². The minimum absolute atomic E-state index is 0.167. The quantitative estimate of drug-likeness (QED) is 0.290. The maximum Gasteiger partial charge on any atom is 0.306 e. The SMILES string of the molecule is CCCCCCCCCCCOC(=O)CCCl. The van der Waals surface area contributed by atoms with Crippen molar-refractivity contribution < 1.29 is 9.53 Å². The van der Waals surface area contributed by atoms with Crippen LogP contribution in [0.3, 0.4) is 0 Å². The molecule has 0 aromatic carbocycles. The topological polar surface area (TPSA) is 26.3 Å². The van der Waals surface area contributed by atoms with Crippen molar-refractivity contribution in [2.24, 2.45) is 0 Å². The molecule has 0 heterocycles. The van der Waals surface area contributed by atoms with Crippen LogP contribution in [0, 0.1) is 0 Å². The molecular formula is C14H27ClO2. The van der Waals surface area contributed by atoms with Gasteiger partial charge in [-0.25, -0.2) is 0 Å². The molecule has 3 heteroatoms. The fourth-order valence-electron chi connectivity index (χ4n) is 1.75. The van der Waals surface area contributed by atoms with Crippen LogP contribution in [0.5, 0.6) is 0 Å². The summed E-state index contributed by atoms with van der Waals surface area (Å²) < 4.78 is 5.02. The van der Waals surface area contributed by atoms with Crippen molar-refractivity contribution in [3.8, 4) is 0 Å². The number of rotatable bonds is 12. The molecule has 0 aliphatic rings. The number of ether oxygens (including phenoxy) is 1. The maximum atomic E-state index is 11.0. The Bertz CT molecular complexity index is 172. The van der Waals surface area contributed by atoms with Crippen LogP contribution >= 0.6 is 11.6 Å². The number of alkyl halides is 1. The molecule has 0 amide bonds. The van der Waals surface area contributed by atoms with E-state index in [1.807, 2.05) is 0 Å². The van der Waals surface area contributed by atoms with Crippen molar-refractivity contribution in [2.45, 2.75) is 71.1 Å². The zero-order valence-corrected chi connectivity index (χ0v) is 11.9. The lowest BCUT2D eigenvalue weighted by atomic mass is 10.1. The molecule has 0 fully saturated rings. The monoisotopic (exact) mass is 262 g/mol. The van der Waals surface area contributed by atoms with Crippen LogP contribution in [-0.4, -0.2) is 18.5 Å². The third kappa shape index (κ3) is 13.7. The summed E-state index contributed by atoms with van der Waals surface area (Å²) in [6, 6.07) is 0. The zero-order chi connectivity index (χ0) is 12.8. The van der Waals surface area contributed by atoms with Gasteiger partial charge in [0, 0.05) is 5.88 Å². The van der Waals surface area contributed by atoms with Crippen LogP contribution in [-0.2, 0) is 9.53 Å². The molecule has 0 bridgehead atoms.